The molecule has 0 saturated carbocycles. The molecule has 0 saturated heterocycles. The van der Waals surface area contributed by atoms with Crippen LogP contribution in [0.3, 0.4) is 0 Å². The maximum absolute atomic E-state index is 5.79. The minimum absolute atomic E-state index is 0.461. The highest BCUT2D eigenvalue weighted by atomic mass is 16.5. The van der Waals surface area contributed by atoms with E-state index in [4.69, 9.17) is 4.74 Å². The van der Waals surface area contributed by atoms with Gasteiger partial charge in [0.05, 0.1) is 0 Å². The standard InChI is InChI=1S/C15H25NO/c1-4-16-14(11-10-13(2)3)12-17-15-8-6-5-7-9-15/h5-9,13-14,16H,4,10-12H2,1-3H3. The summed E-state index contributed by atoms with van der Waals surface area (Å²) in [7, 11) is 0. The van der Waals surface area contributed by atoms with Crippen molar-refractivity contribution in [1.29, 1.82) is 0 Å². The van der Waals surface area contributed by atoms with E-state index in [1.165, 1.54) is 12.8 Å². The van der Waals surface area contributed by atoms with Crippen LogP contribution in [0.1, 0.15) is 33.6 Å². The Balaban J connectivity index is 2.33. The van der Waals surface area contributed by atoms with Crippen LogP contribution in [0.15, 0.2) is 30.3 Å². The van der Waals surface area contributed by atoms with Crippen LogP contribution in [0.4, 0.5) is 0 Å². The molecular weight excluding hydrogens is 210 g/mol. The minimum atomic E-state index is 0.461. The molecule has 0 aliphatic rings. The molecule has 0 amide bonds. The molecule has 0 aliphatic carbocycles. The SMILES string of the molecule is CCNC(CCC(C)C)COc1ccccc1. The summed E-state index contributed by atoms with van der Waals surface area (Å²) in [5.74, 6) is 1.72. The quantitative estimate of drug-likeness (QED) is 0.745. The molecule has 96 valence electrons. The fourth-order valence-electron chi connectivity index (χ4n) is 1.78. The molecule has 0 fully saturated rings. The lowest BCUT2D eigenvalue weighted by Crippen LogP contribution is -2.34. The number of nitrogens with one attached hydrogen (secondary N) is 1. The maximum atomic E-state index is 5.79. The summed E-state index contributed by atoms with van der Waals surface area (Å²) in [5.41, 5.74) is 0. The van der Waals surface area contributed by atoms with Gasteiger partial charge in [-0.2, -0.15) is 0 Å². The van der Waals surface area contributed by atoms with Crippen LogP contribution in [0, 0.1) is 5.92 Å². The smallest absolute Gasteiger partial charge is 0.119 e. The first-order valence-corrected chi connectivity index (χ1v) is 6.63. The lowest BCUT2D eigenvalue weighted by Gasteiger charge is -2.19. The van der Waals surface area contributed by atoms with Gasteiger partial charge in [0.1, 0.15) is 12.4 Å². The number of hydrogen-bond acceptors (Lipinski definition) is 2. The van der Waals surface area contributed by atoms with Crippen LogP contribution < -0.4 is 10.1 Å². The highest BCUT2D eigenvalue weighted by molar-refractivity contribution is 5.20. The van der Waals surface area contributed by atoms with Gasteiger partial charge < -0.3 is 10.1 Å². The Kier molecular flexibility index (Phi) is 6.71. The fourth-order valence-corrected chi connectivity index (χ4v) is 1.78. The van der Waals surface area contributed by atoms with Crippen LogP contribution in [-0.2, 0) is 0 Å². The molecule has 0 spiro atoms. The van der Waals surface area contributed by atoms with Gasteiger partial charge in [-0.05, 0) is 37.4 Å². The van der Waals surface area contributed by atoms with Crippen molar-refractivity contribution in [3.63, 3.8) is 0 Å². The van der Waals surface area contributed by atoms with Gasteiger partial charge in [0.25, 0.3) is 0 Å². The first kappa shape index (κ1) is 14.0. The Hall–Kier alpha value is -1.02. The summed E-state index contributed by atoms with van der Waals surface area (Å²) < 4.78 is 5.79. The van der Waals surface area contributed by atoms with Crippen molar-refractivity contribution < 1.29 is 4.74 Å². The molecule has 1 aromatic rings. The molecule has 1 aromatic carbocycles. The zero-order valence-electron chi connectivity index (χ0n) is 11.3. The monoisotopic (exact) mass is 235 g/mol. The van der Waals surface area contributed by atoms with Crippen molar-refractivity contribution >= 4 is 0 Å². The first-order chi connectivity index (χ1) is 8.22. The summed E-state index contributed by atoms with van der Waals surface area (Å²) >= 11 is 0. The van der Waals surface area contributed by atoms with Crippen molar-refractivity contribution in [2.45, 2.75) is 39.7 Å². The van der Waals surface area contributed by atoms with Gasteiger partial charge in [0.15, 0.2) is 0 Å². The Morgan fingerprint density at radius 3 is 2.41 bits per heavy atom. The normalized spacial score (nSPS) is 12.7. The third kappa shape index (κ3) is 6.32. The van der Waals surface area contributed by atoms with Crippen LogP contribution in [0.5, 0.6) is 5.75 Å². The van der Waals surface area contributed by atoms with Crippen molar-refractivity contribution in [3.8, 4) is 5.75 Å². The molecule has 0 radical (unpaired) electrons. The van der Waals surface area contributed by atoms with E-state index in [-0.39, 0.29) is 0 Å². The second kappa shape index (κ2) is 8.13. The molecule has 1 unspecified atom stereocenters. The van der Waals surface area contributed by atoms with Gasteiger partial charge in [0.2, 0.25) is 0 Å². The molecule has 0 bridgehead atoms. The maximum Gasteiger partial charge on any atom is 0.119 e. The second-order valence-electron chi connectivity index (χ2n) is 4.85. The van der Waals surface area contributed by atoms with E-state index < -0.39 is 0 Å². The molecule has 0 heterocycles. The van der Waals surface area contributed by atoms with Crippen molar-refractivity contribution in [3.05, 3.63) is 30.3 Å². The molecule has 2 nitrogen and oxygen atoms in total. The molecule has 17 heavy (non-hydrogen) atoms. The lowest BCUT2D eigenvalue weighted by molar-refractivity contribution is 0.251. The van der Waals surface area contributed by atoms with Crippen LogP contribution in [-0.4, -0.2) is 19.2 Å². The number of likely N-dealkylation sites (N-methyl/N-ethyl adjacent to an activating group) is 1. The van der Waals surface area contributed by atoms with E-state index in [1.54, 1.807) is 0 Å². The predicted molar refractivity (Wildman–Crippen MR) is 73.5 cm³/mol. The highest BCUT2D eigenvalue weighted by Gasteiger charge is 2.09. The van der Waals surface area contributed by atoms with E-state index in [1.807, 2.05) is 30.3 Å². The third-order valence-corrected chi connectivity index (χ3v) is 2.78. The molecule has 1 rings (SSSR count). The van der Waals surface area contributed by atoms with E-state index >= 15 is 0 Å². The topological polar surface area (TPSA) is 21.3 Å². The molecule has 0 aromatic heterocycles. The minimum Gasteiger partial charge on any atom is -0.492 e. The molecule has 2 heteroatoms. The van der Waals surface area contributed by atoms with Gasteiger partial charge in [-0.3, -0.25) is 0 Å². The summed E-state index contributed by atoms with van der Waals surface area (Å²) in [4.78, 5) is 0. The van der Waals surface area contributed by atoms with E-state index in [0.29, 0.717) is 6.04 Å². The molecular formula is C15H25NO. The zero-order valence-corrected chi connectivity index (χ0v) is 11.3. The van der Waals surface area contributed by atoms with Crippen LogP contribution >= 0.6 is 0 Å². The lowest BCUT2D eigenvalue weighted by atomic mass is 10.0. The second-order valence-corrected chi connectivity index (χ2v) is 4.85. The fraction of sp³-hybridized carbons (Fsp3) is 0.600. The van der Waals surface area contributed by atoms with Crippen molar-refractivity contribution in [2.75, 3.05) is 13.2 Å². The molecule has 0 aliphatic heterocycles. The largest absolute Gasteiger partial charge is 0.492 e. The zero-order chi connectivity index (χ0) is 12.5. The van der Waals surface area contributed by atoms with Gasteiger partial charge in [-0.1, -0.05) is 39.0 Å². The van der Waals surface area contributed by atoms with Crippen molar-refractivity contribution in [1.82, 2.24) is 5.32 Å². The van der Waals surface area contributed by atoms with E-state index in [0.717, 1.165) is 24.8 Å². The van der Waals surface area contributed by atoms with Gasteiger partial charge in [-0.25, -0.2) is 0 Å². The number of benzene rings is 1. The molecule has 1 N–H and O–H groups in total. The summed E-state index contributed by atoms with van der Waals surface area (Å²) in [6.45, 7) is 8.43. The van der Waals surface area contributed by atoms with E-state index in [2.05, 4.69) is 26.1 Å². The number of hydrogen-bond donors (Lipinski definition) is 1. The Bertz CT molecular complexity index is 284. The average Bonchev–Trinajstić information content (AvgIpc) is 2.34. The Morgan fingerprint density at radius 1 is 1.12 bits per heavy atom. The highest BCUT2D eigenvalue weighted by Crippen LogP contribution is 2.11. The predicted octanol–water partition coefficient (Wildman–Crippen LogP) is 3.48. The van der Waals surface area contributed by atoms with Crippen LogP contribution in [0.25, 0.3) is 0 Å². The van der Waals surface area contributed by atoms with E-state index in [9.17, 15) is 0 Å². The van der Waals surface area contributed by atoms with Crippen LogP contribution in [0.2, 0.25) is 0 Å². The third-order valence-electron chi connectivity index (χ3n) is 2.78. The van der Waals surface area contributed by atoms with Crippen molar-refractivity contribution in [2.24, 2.45) is 5.92 Å². The Morgan fingerprint density at radius 2 is 1.82 bits per heavy atom. The summed E-state index contributed by atoms with van der Waals surface area (Å²) in [5, 5.41) is 3.48. The number of rotatable bonds is 8. The summed E-state index contributed by atoms with van der Waals surface area (Å²) in [6.07, 6.45) is 2.42. The van der Waals surface area contributed by atoms with Gasteiger partial charge in [0, 0.05) is 6.04 Å². The average molecular weight is 235 g/mol. The Labute approximate surface area is 105 Å². The molecule has 1 atom stereocenters. The van der Waals surface area contributed by atoms with Gasteiger partial charge in [-0.15, -0.1) is 0 Å². The number of para-hydroxylation sites is 1. The summed E-state index contributed by atoms with van der Waals surface area (Å²) in [6, 6.07) is 10.5. The van der Waals surface area contributed by atoms with Gasteiger partial charge >= 0.3 is 0 Å². The first-order valence-electron chi connectivity index (χ1n) is 6.63. The number of ether oxygens (including phenoxy) is 1.